The number of nitrogens with zero attached hydrogens (tertiary/aromatic N) is 3. The van der Waals surface area contributed by atoms with Gasteiger partial charge in [0, 0.05) is 12.6 Å². The molecule has 0 aliphatic heterocycles. The molecule has 0 unspecified atom stereocenters. The Morgan fingerprint density at radius 2 is 2.11 bits per heavy atom. The molecule has 0 aliphatic carbocycles. The second-order valence-corrected chi connectivity index (χ2v) is 5.05. The molecule has 0 saturated heterocycles. The van der Waals surface area contributed by atoms with Crippen molar-refractivity contribution in [1.29, 1.82) is 0 Å². The van der Waals surface area contributed by atoms with Crippen LogP contribution in [0.4, 0.5) is 11.5 Å². The zero-order valence-corrected chi connectivity index (χ0v) is 11.9. The summed E-state index contributed by atoms with van der Waals surface area (Å²) < 4.78 is 5.57. The average Bonchev–Trinajstić information content (AvgIpc) is 2.35. The molecule has 1 N–H and O–H groups in total. The second-order valence-electron chi connectivity index (χ2n) is 5.05. The number of pyridine rings is 1. The van der Waals surface area contributed by atoms with Crippen molar-refractivity contribution in [2.75, 3.05) is 33.1 Å². The fourth-order valence-corrected chi connectivity index (χ4v) is 1.18. The predicted octanol–water partition coefficient (Wildman–Crippen LogP) is 1.75. The van der Waals surface area contributed by atoms with Gasteiger partial charge in [-0.15, -0.1) is 0 Å². The van der Waals surface area contributed by atoms with Crippen LogP contribution in [0.1, 0.15) is 13.8 Å². The molecule has 1 rings (SSSR count). The van der Waals surface area contributed by atoms with Crippen molar-refractivity contribution in [3.8, 4) is 5.88 Å². The lowest BCUT2D eigenvalue weighted by Gasteiger charge is -2.31. The summed E-state index contributed by atoms with van der Waals surface area (Å²) in [5.74, 6) is 0.653. The smallest absolute Gasteiger partial charge is 0.278 e. The topological polar surface area (TPSA) is 80.5 Å². The van der Waals surface area contributed by atoms with Gasteiger partial charge < -0.3 is 15.0 Å². The van der Waals surface area contributed by atoms with Crippen LogP contribution in [-0.2, 0) is 0 Å². The molecule has 7 heteroatoms. The minimum Gasteiger partial charge on any atom is -0.475 e. The SMILES string of the molecule is CNc1cc([N+](=O)[O-])cc(OCC(C)(C)N(C)C)n1. The van der Waals surface area contributed by atoms with E-state index in [4.69, 9.17) is 4.74 Å². The number of nitrogens with one attached hydrogen (secondary N) is 1. The van der Waals surface area contributed by atoms with E-state index in [9.17, 15) is 10.1 Å². The van der Waals surface area contributed by atoms with Crippen molar-refractivity contribution in [3.05, 3.63) is 22.2 Å². The third-order valence-corrected chi connectivity index (χ3v) is 3.04. The van der Waals surface area contributed by atoms with Crippen molar-refractivity contribution in [2.24, 2.45) is 0 Å². The van der Waals surface area contributed by atoms with E-state index in [2.05, 4.69) is 10.3 Å². The minimum absolute atomic E-state index is 0.0444. The summed E-state index contributed by atoms with van der Waals surface area (Å²) in [4.78, 5) is 16.5. The maximum atomic E-state index is 10.8. The summed E-state index contributed by atoms with van der Waals surface area (Å²) in [6.45, 7) is 4.42. The number of hydrogen-bond donors (Lipinski definition) is 1. The largest absolute Gasteiger partial charge is 0.475 e. The number of aromatic nitrogens is 1. The number of hydrogen-bond acceptors (Lipinski definition) is 6. The van der Waals surface area contributed by atoms with Gasteiger partial charge >= 0.3 is 0 Å². The first-order chi connectivity index (χ1) is 8.76. The monoisotopic (exact) mass is 268 g/mol. The van der Waals surface area contributed by atoms with Gasteiger partial charge in [0.2, 0.25) is 5.88 Å². The van der Waals surface area contributed by atoms with Crippen molar-refractivity contribution < 1.29 is 9.66 Å². The normalized spacial score (nSPS) is 11.5. The summed E-state index contributed by atoms with van der Waals surface area (Å²) in [6, 6.07) is 2.69. The van der Waals surface area contributed by atoms with Gasteiger partial charge in [0.15, 0.2) is 0 Å². The number of rotatable bonds is 6. The third kappa shape index (κ3) is 4.06. The fourth-order valence-electron chi connectivity index (χ4n) is 1.18. The molecular formula is C12H20N4O3. The van der Waals surface area contributed by atoms with Crippen LogP contribution >= 0.6 is 0 Å². The van der Waals surface area contributed by atoms with Crippen LogP contribution in [0.25, 0.3) is 0 Å². The number of anilines is 1. The molecule has 7 nitrogen and oxygen atoms in total. The van der Waals surface area contributed by atoms with Crippen molar-refractivity contribution in [2.45, 2.75) is 19.4 Å². The molecule has 0 saturated carbocycles. The van der Waals surface area contributed by atoms with E-state index < -0.39 is 4.92 Å². The zero-order valence-electron chi connectivity index (χ0n) is 11.9. The van der Waals surface area contributed by atoms with Crippen LogP contribution in [0.5, 0.6) is 5.88 Å². The molecule has 1 heterocycles. The molecule has 0 aliphatic rings. The summed E-state index contributed by atoms with van der Waals surface area (Å²) in [5.41, 5.74) is -0.233. The highest BCUT2D eigenvalue weighted by Gasteiger charge is 2.22. The summed E-state index contributed by atoms with van der Waals surface area (Å²) in [5, 5.41) is 13.6. The molecule has 19 heavy (non-hydrogen) atoms. The van der Waals surface area contributed by atoms with Gasteiger partial charge in [-0.05, 0) is 27.9 Å². The molecule has 0 radical (unpaired) electrons. The predicted molar refractivity (Wildman–Crippen MR) is 73.7 cm³/mol. The molecule has 0 amide bonds. The van der Waals surface area contributed by atoms with Gasteiger partial charge in [0.05, 0.1) is 17.1 Å². The van der Waals surface area contributed by atoms with Gasteiger partial charge in [-0.2, -0.15) is 4.98 Å². The highest BCUT2D eigenvalue weighted by molar-refractivity contribution is 5.47. The maximum Gasteiger partial charge on any atom is 0.278 e. The van der Waals surface area contributed by atoms with E-state index in [-0.39, 0.29) is 17.1 Å². The van der Waals surface area contributed by atoms with Crippen molar-refractivity contribution in [1.82, 2.24) is 9.88 Å². The Labute approximate surface area is 112 Å². The van der Waals surface area contributed by atoms with Crippen molar-refractivity contribution in [3.63, 3.8) is 0 Å². The zero-order chi connectivity index (χ0) is 14.6. The van der Waals surface area contributed by atoms with Gasteiger partial charge in [-0.1, -0.05) is 0 Å². The number of likely N-dealkylation sites (N-methyl/N-ethyl adjacent to an activating group) is 1. The van der Waals surface area contributed by atoms with E-state index in [1.165, 1.54) is 12.1 Å². The van der Waals surface area contributed by atoms with Gasteiger partial charge in [-0.3, -0.25) is 10.1 Å². The highest BCUT2D eigenvalue weighted by atomic mass is 16.6. The van der Waals surface area contributed by atoms with Gasteiger partial charge in [-0.25, -0.2) is 0 Å². The quantitative estimate of drug-likeness (QED) is 0.625. The molecule has 0 fully saturated rings. The van der Waals surface area contributed by atoms with Crippen LogP contribution in [0.15, 0.2) is 12.1 Å². The van der Waals surface area contributed by atoms with E-state index in [0.29, 0.717) is 12.4 Å². The van der Waals surface area contributed by atoms with E-state index in [1.807, 2.05) is 32.8 Å². The lowest BCUT2D eigenvalue weighted by Crippen LogP contribution is -2.43. The number of ether oxygens (including phenoxy) is 1. The van der Waals surface area contributed by atoms with Gasteiger partial charge in [0.25, 0.3) is 5.69 Å². The Morgan fingerprint density at radius 3 is 2.58 bits per heavy atom. The average molecular weight is 268 g/mol. The Bertz CT molecular complexity index is 460. The standard InChI is InChI=1S/C12H20N4O3/c1-12(2,15(4)5)8-19-11-7-9(16(17)18)6-10(13-3)14-11/h6-7H,8H2,1-5H3,(H,13,14). The highest BCUT2D eigenvalue weighted by Crippen LogP contribution is 2.23. The third-order valence-electron chi connectivity index (χ3n) is 3.04. The molecule has 0 bridgehead atoms. The second kappa shape index (κ2) is 5.83. The van der Waals surface area contributed by atoms with Crippen LogP contribution in [0.3, 0.4) is 0 Å². The lowest BCUT2D eigenvalue weighted by molar-refractivity contribution is -0.384. The Morgan fingerprint density at radius 1 is 1.47 bits per heavy atom. The van der Waals surface area contributed by atoms with E-state index >= 15 is 0 Å². The first-order valence-electron chi connectivity index (χ1n) is 5.91. The molecule has 1 aromatic heterocycles. The summed E-state index contributed by atoms with van der Waals surface area (Å²) in [6.07, 6.45) is 0. The first-order valence-corrected chi connectivity index (χ1v) is 5.91. The van der Waals surface area contributed by atoms with Crippen molar-refractivity contribution >= 4 is 11.5 Å². The lowest BCUT2D eigenvalue weighted by atomic mass is 10.1. The Hall–Kier alpha value is -1.89. The van der Waals surface area contributed by atoms with Crippen LogP contribution in [0, 0.1) is 10.1 Å². The molecule has 0 atom stereocenters. The Balaban J connectivity index is 2.89. The summed E-state index contributed by atoms with van der Waals surface area (Å²) in [7, 11) is 5.55. The van der Waals surface area contributed by atoms with E-state index in [1.54, 1.807) is 7.05 Å². The molecule has 0 spiro atoms. The summed E-state index contributed by atoms with van der Waals surface area (Å²) >= 11 is 0. The van der Waals surface area contributed by atoms with E-state index in [0.717, 1.165) is 0 Å². The number of nitro groups is 1. The minimum atomic E-state index is -0.466. The van der Waals surface area contributed by atoms with Crippen LogP contribution in [0.2, 0.25) is 0 Å². The maximum absolute atomic E-state index is 10.8. The molecule has 1 aromatic rings. The first kappa shape index (κ1) is 15.2. The molecule has 106 valence electrons. The Kier molecular flexibility index (Phi) is 4.66. The van der Waals surface area contributed by atoms with Crippen LogP contribution in [-0.4, -0.2) is 48.1 Å². The molecular weight excluding hydrogens is 248 g/mol. The van der Waals surface area contributed by atoms with Gasteiger partial charge in [0.1, 0.15) is 12.4 Å². The molecule has 0 aromatic carbocycles. The fraction of sp³-hybridized carbons (Fsp3) is 0.583. The van der Waals surface area contributed by atoms with Crippen LogP contribution < -0.4 is 10.1 Å².